The molecule has 5 nitrogen and oxygen atoms in total. The maximum Gasteiger partial charge on any atom is 0.320 e. The summed E-state index contributed by atoms with van der Waals surface area (Å²) in [5.74, 6) is -2.30. The molecule has 28 heavy (non-hydrogen) atoms. The summed E-state index contributed by atoms with van der Waals surface area (Å²) in [6.07, 6.45) is 2.34. The van der Waals surface area contributed by atoms with Gasteiger partial charge < -0.3 is 14.0 Å². The predicted octanol–water partition coefficient (Wildman–Crippen LogP) is 3.97. The average molecular weight is 379 g/mol. The molecule has 0 aliphatic rings. The molecule has 0 saturated carbocycles. The zero-order valence-corrected chi connectivity index (χ0v) is 16.6. The third-order valence-electron chi connectivity index (χ3n) is 5.23. The van der Waals surface area contributed by atoms with Crippen molar-refractivity contribution in [3.63, 3.8) is 0 Å². The van der Waals surface area contributed by atoms with Crippen molar-refractivity contribution >= 4 is 22.8 Å². The van der Waals surface area contributed by atoms with Gasteiger partial charge in [0.2, 0.25) is 0 Å². The van der Waals surface area contributed by atoms with Crippen LogP contribution in [0.4, 0.5) is 0 Å². The Morgan fingerprint density at radius 1 is 0.964 bits per heavy atom. The van der Waals surface area contributed by atoms with Crippen molar-refractivity contribution in [2.24, 2.45) is 13.0 Å². The summed E-state index contributed by atoms with van der Waals surface area (Å²) in [7, 11) is 4.57. The van der Waals surface area contributed by atoms with E-state index in [-0.39, 0.29) is 12.3 Å². The van der Waals surface area contributed by atoms with Gasteiger partial charge in [0.15, 0.2) is 5.92 Å². The number of para-hydroxylation sites is 1. The van der Waals surface area contributed by atoms with Gasteiger partial charge in [-0.1, -0.05) is 48.0 Å². The second-order valence-corrected chi connectivity index (χ2v) is 7.01. The number of aryl methyl sites for hydroxylation is 2. The lowest BCUT2D eigenvalue weighted by Crippen LogP contribution is -2.28. The Labute approximate surface area is 164 Å². The lowest BCUT2D eigenvalue weighted by molar-refractivity contribution is -0.159. The number of rotatable bonds is 6. The summed E-state index contributed by atoms with van der Waals surface area (Å²) < 4.78 is 11.8. The van der Waals surface area contributed by atoms with Crippen molar-refractivity contribution in [3.05, 3.63) is 71.4 Å². The molecule has 0 spiro atoms. The molecule has 1 aromatic heterocycles. The largest absolute Gasteiger partial charge is 0.468 e. The molecule has 2 aromatic carbocycles. The minimum atomic E-state index is -0.986. The third kappa shape index (κ3) is 3.79. The summed E-state index contributed by atoms with van der Waals surface area (Å²) >= 11 is 0. The summed E-state index contributed by atoms with van der Waals surface area (Å²) in [6, 6.07) is 16.3. The van der Waals surface area contributed by atoms with Crippen LogP contribution in [0.25, 0.3) is 10.9 Å². The Bertz CT molecular complexity index is 972. The van der Waals surface area contributed by atoms with Crippen molar-refractivity contribution in [3.8, 4) is 0 Å². The van der Waals surface area contributed by atoms with E-state index < -0.39 is 17.9 Å². The van der Waals surface area contributed by atoms with Crippen LogP contribution < -0.4 is 0 Å². The van der Waals surface area contributed by atoms with Crippen molar-refractivity contribution < 1.29 is 19.1 Å². The lowest BCUT2D eigenvalue weighted by atomic mass is 9.83. The van der Waals surface area contributed by atoms with Crippen LogP contribution in [0.2, 0.25) is 0 Å². The summed E-state index contributed by atoms with van der Waals surface area (Å²) in [5, 5.41) is 1.10. The van der Waals surface area contributed by atoms with Crippen molar-refractivity contribution in [1.82, 2.24) is 4.57 Å². The maximum absolute atomic E-state index is 12.3. The molecule has 146 valence electrons. The van der Waals surface area contributed by atoms with E-state index >= 15 is 0 Å². The molecule has 1 unspecified atom stereocenters. The first-order valence-electron chi connectivity index (χ1n) is 9.22. The standard InChI is InChI=1S/C23H25NO4/c1-15-9-11-16(12-10-15)18(13-19(22(25)27-3)23(26)28-4)20-14-24(2)21-8-6-5-7-17(20)21/h5-12,14,18-19H,13H2,1-4H3. The molecular weight excluding hydrogens is 354 g/mol. The number of carbonyl (C=O) groups excluding carboxylic acids is 2. The summed E-state index contributed by atoms with van der Waals surface area (Å²) in [5.41, 5.74) is 4.36. The monoisotopic (exact) mass is 379 g/mol. The SMILES string of the molecule is COC(=O)C(CC(c1ccc(C)cc1)c1cn(C)c2ccccc12)C(=O)OC. The van der Waals surface area contributed by atoms with Gasteiger partial charge in [-0.25, -0.2) is 0 Å². The zero-order chi connectivity index (χ0) is 20.3. The van der Waals surface area contributed by atoms with Gasteiger partial charge in [-0.2, -0.15) is 0 Å². The number of hydrogen-bond acceptors (Lipinski definition) is 4. The van der Waals surface area contributed by atoms with E-state index in [4.69, 9.17) is 9.47 Å². The first-order chi connectivity index (χ1) is 13.5. The van der Waals surface area contributed by atoms with Gasteiger partial charge in [-0.15, -0.1) is 0 Å². The van der Waals surface area contributed by atoms with Crippen molar-refractivity contribution in [2.75, 3.05) is 14.2 Å². The maximum atomic E-state index is 12.3. The summed E-state index contributed by atoms with van der Waals surface area (Å²) in [4.78, 5) is 24.6. The summed E-state index contributed by atoms with van der Waals surface area (Å²) in [6.45, 7) is 2.03. The Morgan fingerprint density at radius 2 is 1.57 bits per heavy atom. The molecule has 0 fully saturated rings. The lowest BCUT2D eigenvalue weighted by Gasteiger charge is -2.21. The van der Waals surface area contributed by atoms with Crippen LogP contribution >= 0.6 is 0 Å². The number of fused-ring (bicyclic) bond motifs is 1. The number of aromatic nitrogens is 1. The highest BCUT2D eigenvalue weighted by Gasteiger charge is 2.33. The Hall–Kier alpha value is -3.08. The molecule has 1 heterocycles. The number of hydrogen-bond donors (Lipinski definition) is 0. The molecule has 0 aliphatic carbocycles. The third-order valence-corrected chi connectivity index (χ3v) is 5.23. The van der Waals surface area contributed by atoms with Crippen LogP contribution in [-0.4, -0.2) is 30.7 Å². The number of methoxy groups -OCH3 is 2. The topological polar surface area (TPSA) is 57.5 Å². The average Bonchev–Trinajstić information content (AvgIpc) is 3.05. The molecule has 0 N–H and O–H groups in total. The normalized spacial score (nSPS) is 12.2. The molecule has 3 rings (SSSR count). The zero-order valence-electron chi connectivity index (χ0n) is 16.6. The van der Waals surface area contributed by atoms with Gasteiger partial charge in [0, 0.05) is 30.1 Å². The second-order valence-electron chi connectivity index (χ2n) is 7.01. The molecular formula is C23H25NO4. The van der Waals surface area contributed by atoms with Gasteiger partial charge in [0.25, 0.3) is 0 Å². The minimum Gasteiger partial charge on any atom is -0.468 e. The van der Waals surface area contributed by atoms with Gasteiger partial charge in [0.1, 0.15) is 0 Å². The van der Waals surface area contributed by atoms with Crippen LogP contribution in [0.15, 0.2) is 54.7 Å². The quantitative estimate of drug-likeness (QED) is 0.480. The molecule has 0 saturated heterocycles. The molecule has 3 aromatic rings. The molecule has 5 heteroatoms. The van der Waals surface area contributed by atoms with Crippen LogP contribution in [-0.2, 0) is 26.1 Å². The van der Waals surface area contributed by atoms with E-state index in [1.54, 1.807) is 0 Å². The van der Waals surface area contributed by atoms with Crippen molar-refractivity contribution in [2.45, 2.75) is 19.3 Å². The predicted molar refractivity (Wildman–Crippen MR) is 108 cm³/mol. The molecule has 0 radical (unpaired) electrons. The number of esters is 2. The van der Waals surface area contributed by atoms with Crippen LogP contribution in [0.1, 0.15) is 29.0 Å². The molecule has 1 atom stereocenters. The molecule has 0 amide bonds. The van der Waals surface area contributed by atoms with E-state index in [2.05, 4.69) is 22.9 Å². The fraction of sp³-hybridized carbons (Fsp3) is 0.304. The fourth-order valence-electron chi connectivity index (χ4n) is 3.70. The van der Waals surface area contributed by atoms with Gasteiger partial charge in [-0.05, 0) is 30.5 Å². The number of ether oxygens (including phenoxy) is 2. The van der Waals surface area contributed by atoms with E-state index in [1.165, 1.54) is 14.2 Å². The highest BCUT2D eigenvalue weighted by atomic mass is 16.5. The van der Waals surface area contributed by atoms with E-state index in [0.717, 1.165) is 27.6 Å². The van der Waals surface area contributed by atoms with Gasteiger partial charge in [-0.3, -0.25) is 9.59 Å². The van der Waals surface area contributed by atoms with Crippen LogP contribution in [0, 0.1) is 12.8 Å². The number of nitrogens with zero attached hydrogens (tertiary/aromatic N) is 1. The van der Waals surface area contributed by atoms with E-state index in [9.17, 15) is 9.59 Å². The minimum absolute atomic E-state index is 0.158. The van der Waals surface area contributed by atoms with Gasteiger partial charge in [0.05, 0.1) is 14.2 Å². The number of carbonyl (C=O) groups is 2. The van der Waals surface area contributed by atoms with Crippen molar-refractivity contribution in [1.29, 1.82) is 0 Å². The molecule has 0 aliphatic heterocycles. The highest BCUT2D eigenvalue weighted by Crippen LogP contribution is 2.37. The fourth-order valence-corrected chi connectivity index (χ4v) is 3.70. The smallest absolute Gasteiger partial charge is 0.320 e. The Morgan fingerprint density at radius 3 is 2.18 bits per heavy atom. The first kappa shape index (κ1) is 19.7. The second kappa shape index (κ2) is 8.30. The van der Waals surface area contributed by atoms with E-state index in [1.807, 2.05) is 50.4 Å². The number of benzene rings is 2. The van der Waals surface area contributed by atoms with Crippen LogP contribution in [0.5, 0.6) is 0 Å². The first-order valence-corrected chi connectivity index (χ1v) is 9.22. The van der Waals surface area contributed by atoms with Gasteiger partial charge >= 0.3 is 11.9 Å². The Kier molecular flexibility index (Phi) is 5.83. The highest BCUT2D eigenvalue weighted by molar-refractivity contribution is 5.95. The van der Waals surface area contributed by atoms with Crippen LogP contribution in [0.3, 0.4) is 0 Å². The van der Waals surface area contributed by atoms with E-state index in [0.29, 0.717) is 0 Å². The Balaban J connectivity index is 2.13. The molecule has 0 bridgehead atoms.